The largest absolute Gasteiger partial charge is 0.393 e. The van der Waals surface area contributed by atoms with Gasteiger partial charge in [0.1, 0.15) is 0 Å². The number of aliphatic hydroxyl groups is 1. The van der Waals surface area contributed by atoms with Crippen molar-refractivity contribution in [2.75, 3.05) is 0 Å². The molecular weight excluding hydrogens is 180 g/mol. The zero-order valence-electron chi connectivity index (χ0n) is 9.12. The molecule has 0 aromatic carbocycles. The molecule has 0 spiro atoms. The fourth-order valence-electron chi connectivity index (χ4n) is 2.28. The third-order valence-electron chi connectivity index (χ3n) is 3.34. The molecule has 1 saturated carbocycles. The standard InChI is InChI=1S/C11H22OS/c1-7-5-9(12)8(6-10(7)13)11(2,3)4/h7-10,12-13H,5-6H2,1-4H3. The van der Waals surface area contributed by atoms with E-state index in [1.807, 2.05) is 0 Å². The summed E-state index contributed by atoms with van der Waals surface area (Å²) < 4.78 is 0. The summed E-state index contributed by atoms with van der Waals surface area (Å²) >= 11 is 4.58. The molecule has 0 aliphatic heterocycles. The molecule has 1 nitrogen and oxygen atoms in total. The zero-order valence-corrected chi connectivity index (χ0v) is 10.0. The summed E-state index contributed by atoms with van der Waals surface area (Å²) in [6.07, 6.45) is 1.84. The van der Waals surface area contributed by atoms with Gasteiger partial charge in [0.15, 0.2) is 0 Å². The molecule has 0 radical (unpaired) electrons. The molecule has 1 fully saturated rings. The Labute approximate surface area is 87.3 Å². The van der Waals surface area contributed by atoms with Crippen LogP contribution in [0.15, 0.2) is 0 Å². The monoisotopic (exact) mass is 202 g/mol. The van der Waals surface area contributed by atoms with E-state index < -0.39 is 0 Å². The van der Waals surface area contributed by atoms with E-state index in [0.29, 0.717) is 17.1 Å². The van der Waals surface area contributed by atoms with Crippen molar-refractivity contribution in [3.63, 3.8) is 0 Å². The molecule has 0 bridgehead atoms. The summed E-state index contributed by atoms with van der Waals surface area (Å²) in [5, 5.41) is 10.4. The van der Waals surface area contributed by atoms with Crippen molar-refractivity contribution >= 4 is 12.6 Å². The van der Waals surface area contributed by atoms with Crippen molar-refractivity contribution in [1.29, 1.82) is 0 Å². The Morgan fingerprint density at radius 3 is 2.23 bits per heavy atom. The Morgan fingerprint density at radius 1 is 1.23 bits per heavy atom. The summed E-state index contributed by atoms with van der Waals surface area (Å²) in [6.45, 7) is 8.80. The number of aliphatic hydroxyl groups excluding tert-OH is 1. The maximum absolute atomic E-state index is 9.96. The fraction of sp³-hybridized carbons (Fsp3) is 1.00. The number of rotatable bonds is 0. The van der Waals surface area contributed by atoms with Crippen LogP contribution in [0, 0.1) is 17.3 Å². The second kappa shape index (κ2) is 3.82. The van der Waals surface area contributed by atoms with Gasteiger partial charge in [-0.25, -0.2) is 0 Å². The summed E-state index contributed by atoms with van der Waals surface area (Å²) in [5.41, 5.74) is 0.209. The molecule has 1 aliphatic carbocycles. The predicted molar refractivity (Wildman–Crippen MR) is 60.1 cm³/mol. The van der Waals surface area contributed by atoms with Crippen molar-refractivity contribution < 1.29 is 5.11 Å². The topological polar surface area (TPSA) is 20.2 Å². The van der Waals surface area contributed by atoms with Crippen molar-refractivity contribution in [3.05, 3.63) is 0 Å². The maximum Gasteiger partial charge on any atom is 0.0576 e. The van der Waals surface area contributed by atoms with Crippen LogP contribution in [0.4, 0.5) is 0 Å². The third-order valence-corrected chi connectivity index (χ3v) is 4.06. The van der Waals surface area contributed by atoms with Crippen molar-refractivity contribution in [3.8, 4) is 0 Å². The smallest absolute Gasteiger partial charge is 0.0576 e. The van der Waals surface area contributed by atoms with Crippen LogP contribution in [0.25, 0.3) is 0 Å². The van der Waals surface area contributed by atoms with Crippen LogP contribution in [0.5, 0.6) is 0 Å². The first-order valence-electron chi connectivity index (χ1n) is 5.18. The van der Waals surface area contributed by atoms with Gasteiger partial charge in [0.25, 0.3) is 0 Å². The first-order valence-corrected chi connectivity index (χ1v) is 5.70. The SMILES string of the molecule is CC1CC(O)C(C(C)(C)C)CC1S. The fourth-order valence-corrected chi connectivity index (χ4v) is 2.63. The van der Waals surface area contributed by atoms with Crippen molar-refractivity contribution in [1.82, 2.24) is 0 Å². The number of thiol groups is 1. The molecule has 1 rings (SSSR count). The van der Waals surface area contributed by atoms with Crippen molar-refractivity contribution in [2.45, 2.75) is 51.9 Å². The van der Waals surface area contributed by atoms with Gasteiger partial charge in [-0.15, -0.1) is 0 Å². The molecule has 0 aromatic rings. The quantitative estimate of drug-likeness (QED) is 0.579. The van der Waals surface area contributed by atoms with Gasteiger partial charge in [-0.1, -0.05) is 27.7 Å². The van der Waals surface area contributed by atoms with Gasteiger partial charge >= 0.3 is 0 Å². The lowest BCUT2D eigenvalue weighted by atomic mass is 9.68. The molecule has 4 unspecified atom stereocenters. The van der Waals surface area contributed by atoms with E-state index >= 15 is 0 Å². The van der Waals surface area contributed by atoms with Crippen LogP contribution in [-0.2, 0) is 0 Å². The molecule has 78 valence electrons. The highest BCUT2D eigenvalue weighted by molar-refractivity contribution is 7.81. The minimum absolute atomic E-state index is 0.126. The number of hydrogen-bond acceptors (Lipinski definition) is 2. The lowest BCUT2D eigenvalue weighted by Gasteiger charge is -2.42. The van der Waals surface area contributed by atoms with Gasteiger partial charge in [-0.2, -0.15) is 12.6 Å². The van der Waals surface area contributed by atoms with E-state index in [1.54, 1.807) is 0 Å². The minimum Gasteiger partial charge on any atom is -0.393 e. The van der Waals surface area contributed by atoms with E-state index in [9.17, 15) is 5.11 Å². The lowest BCUT2D eigenvalue weighted by Crippen LogP contribution is -2.41. The van der Waals surface area contributed by atoms with E-state index in [2.05, 4.69) is 40.3 Å². The number of hydrogen-bond donors (Lipinski definition) is 2. The normalized spacial score (nSPS) is 42.0. The minimum atomic E-state index is -0.126. The highest BCUT2D eigenvalue weighted by Gasteiger charge is 2.38. The molecular formula is C11H22OS. The average molecular weight is 202 g/mol. The summed E-state index contributed by atoms with van der Waals surface area (Å²) in [5.74, 6) is 0.961. The first-order chi connectivity index (χ1) is 5.82. The molecule has 13 heavy (non-hydrogen) atoms. The van der Waals surface area contributed by atoms with Gasteiger partial charge in [-0.05, 0) is 30.1 Å². The van der Waals surface area contributed by atoms with Crippen LogP contribution in [0.1, 0.15) is 40.5 Å². The molecule has 4 atom stereocenters. The van der Waals surface area contributed by atoms with Crippen LogP contribution in [-0.4, -0.2) is 16.5 Å². The van der Waals surface area contributed by atoms with Crippen LogP contribution >= 0.6 is 12.6 Å². The third kappa shape index (κ3) is 2.63. The Hall–Kier alpha value is 0.310. The van der Waals surface area contributed by atoms with E-state index in [0.717, 1.165) is 12.8 Å². The zero-order chi connectivity index (χ0) is 10.2. The van der Waals surface area contributed by atoms with Gasteiger partial charge in [0, 0.05) is 5.25 Å². The summed E-state index contributed by atoms with van der Waals surface area (Å²) in [7, 11) is 0. The van der Waals surface area contributed by atoms with Crippen molar-refractivity contribution in [2.24, 2.45) is 17.3 Å². The highest BCUT2D eigenvalue weighted by atomic mass is 32.1. The van der Waals surface area contributed by atoms with Gasteiger partial charge in [0.2, 0.25) is 0 Å². The molecule has 0 amide bonds. The van der Waals surface area contributed by atoms with E-state index in [-0.39, 0.29) is 11.5 Å². The predicted octanol–water partition coefficient (Wildman–Crippen LogP) is 2.74. The Kier molecular flexibility index (Phi) is 3.34. The Bertz CT molecular complexity index is 173. The second-order valence-corrected chi connectivity index (χ2v) is 6.22. The van der Waals surface area contributed by atoms with Crippen LogP contribution in [0.2, 0.25) is 0 Å². The molecule has 2 heteroatoms. The molecule has 0 heterocycles. The second-order valence-electron chi connectivity index (χ2n) is 5.56. The Balaban J connectivity index is 2.67. The van der Waals surface area contributed by atoms with Crippen LogP contribution < -0.4 is 0 Å². The van der Waals surface area contributed by atoms with E-state index in [4.69, 9.17) is 0 Å². The Morgan fingerprint density at radius 2 is 1.77 bits per heavy atom. The first kappa shape index (κ1) is 11.4. The van der Waals surface area contributed by atoms with Crippen LogP contribution in [0.3, 0.4) is 0 Å². The summed E-state index contributed by atoms with van der Waals surface area (Å²) in [6, 6.07) is 0. The van der Waals surface area contributed by atoms with E-state index in [1.165, 1.54) is 0 Å². The van der Waals surface area contributed by atoms with Gasteiger partial charge < -0.3 is 5.11 Å². The average Bonchev–Trinajstić information content (AvgIpc) is 1.94. The molecule has 0 aromatic heterocycles. The molecule has 1 N–H and O–H groups in total. The molecule has 1 aliphatic rings. The maximum atomic E-state index is 9.96. The summed E-state index contributed by atoms with van der Waals surface area (Å²) in [4.78, 5) is 0. The lowest BCUT2D eigenvalue weighted by molar-refractivity contribution is -0.00260. The van der Waals surface area contributed by atoms with Gasteiger partial charge in [-0.3, -0.25) is 0 Å². The molecule has 0 saturated heterocycles. The highest BCUT2D eigenvalue weighted by Crippen LogP contribution is 2.41. The van der Waals surface area contributed by atoms with Gasteiger partial charge in [0.05, 0.1) is 6.10 Å².